The molecule has 6 atom stereocenters. The van der Waals surface area contributed by atoms with Crippen molar-refractivity contribution in [2.24, 2.45) is 0 Å². The lowest BCUT2D eigenvalue weighted by molar-refractivity contribution is -0.893. The largest absolute Gasteiger partial charge is 0.472 e. The molecule has 0 spiro atoms. The number of aliphatic hydroxyl groups is 6. The smallest absolute Gasteiger partial charge is 0.394 e. The predicted molar refractivity (Wildman–Crippen MR) is 100 cm³/mol. The number of hydrogen-bond donors (Lipinski definition) is 7. The van der Waals surface area contributed by atoms with E-state index < -0.39 is 58.2 Å². The van der Waals surface area contributed by atoms with Gasteiger partial charge in [-0.1, -0.05) is 13.3 Å². The van der Waals surface area contributed by atoms with Crippen LogP contribution in [-0.2, 0) is 13.6 Å². The fraction of sp³-hybridized carbons (Fsp3) is 1.00. The topological polar surface area (TPSA) is 177 Å². The van der Waals surface area contributed by atoms with E-state index in [1.54, 1.807) is 0 Å². The summed E-state index contributed by atoms with van der Waals surface area (Å²) in [7, 11) is -0.767. The van der Waals surface area contributed by atoms with Crippen LogP contribution in [0.1, 0.15) is 26.2 Å². The first-order valence-electron chi connectivity index (χ1n) is 9.30. The maximum absolute atomic E-state index is 11.8. The molecule has 0 rings (SSSR count). The van der Waals surface area contributed by atoms with Crippen LogP contribution in [0.25, 0.3) is 0 Å². The number of aliphatic hydroxyl groups excluding tert-OH is 6. The maximum Gasteiger partial charge on any atom is 0.472 e. The molecule has 0 radical (unpaired) electrons. The number of phosphoric acid groups is 1. The van der Waals surface area contributed by atoms with Crippen LogP contribution in [0.3, 0.4) is 0 Å². The minimum Gasteiger partial charge on any atom is -0.394 e. The standard InChI is InChI=1S/C16H36NO10P/c1-4-5-6-7-17(2,3)8-12(19)10-26-28(24,25)27-11-14(21)16(23)15(22)13(20)9-18/h12-16,18-23H,4-11H2,1-3H3/p+1. The van der Waals surface area contributed by atoms with Crippen molar-refractivity contribution in [2.75, 3.05) is 47.0 Å². The fourth-order valence-electron chi connectivity index (χ4n) is 2.55. The third-order valence-corrected chi connectivity index (χ3v) is 5.19. The summed E-state index contributed by atoms with van der Waals surface area (Å²) >= 11 is 0. The average Bonchev–Trinajstić information content (AvgIpc) is 2.62. The van der Waals surface area contributed by atoms with E-state index in [1.165, 1.54) is 0 Å². The van der Waals surface area contributed by atoms with E-state index in [9.17, 15) is 35.0 Å². The summed E-state index contributed by atoms with van der Waals surface area (Å²) in [6.07, 6.45) is -5.19. The van der Waals surface area contributed by atoms with Gasteiger partial charge in [0.1, 0.15) is 37.1 Å². The average molecular weight is 434 g/mol. The number of hydrogen-bond acceptors (Lipinski definition) is 9. The molecule has 0 aliphatic carbocycles. The normalized spacial score (nSPS) is 20.2. The lowest BCUT2D eigenvalue weighted by Crippen LogP contribution is -2.47. The van der Waals surface area contributed by atoms with Crippen LogP contribution in [0.5, 0.6) is 0 Å². The Labute approximate surface area is 166 Å². The molecule has 0 aliphatic rings. The van der Waals surface area contributed by atoms with Gasteiger partial charge in [-0.2, -0.15) is 0 Å². The Kier molecular flexibility index (Phi) is 13.1. The highest BCUT2D eigenvalue weighted by molar-refractivity contribution is 7.47. The van der Waals surface area contributed by atoms with E-state index in [0.29, 0.717) is 11.0 Å². The summed E-state index contributed by atoms with van der Waals surface area (Å²) in [6.45, 7) is 1.04. The number of phosphoric ester groups is 1. The molecule has 0 heterocycles. The quantitative estimate of drug-likeness (QED) is 0.0831. The third kappa shape index (κ3) is 11.7. The molecule has 0 aromatic heterocycles. The zero-order valence-electron chi connectivity index (χ0n) is 16.8. The molecule has 7 N–H and O–H groups in total. The van der Waals surface area contributed by atoms with Gasteiger partial charge in [0.25, 0.3) is 0 Å². The third-order valence-electron chi connectivity index (χ3n) is 4.24. The second-order valence-electron chi connectivity index (χ2n) is 7.56. The Bertz CT molecular complexity index is 467. The zero-order valence-corrected chi connectivity index (χ0v) is 17.7. The van der Waals surface area contributed by atoms with Crippen LogP contribution in [0.4, 0.5) is 0 Å². The molecule has 12 heteroatoms. The van der Waals surface area contributed by atoms with E-state index in [0.717, 1.165) is 25.8 Å². The van der Waals surface area contributed by atoms with Gasteiger partial charge in [0.05, 0.1) is 40.5 Å². The van der Waals surface area contributed by atoms with Gasteiger partial charge in [0, 0.05) is 0 Å². The summed E-state index contributed by atoms with van der Waals surface area (Å²) in [5.41, 5.74) is 0. The Hall–Kier alpha value is -0.170. The van der Waals surface area contributed by atoms with Crippen LogP contribution >= 0.6 is 7.82 Å². The first-order chi connectivity index (χ1) is 12.8. The Balaban J connectivity index is 4.37. The lowest BCUT2D eigenvalue weighted by atomic mass is 10.0. The van der Waals surface area contributed by atoms with Gasteiger partial charge in [-0.15, -0.1) is 0 Å². The highest BCUT2D eigenvalue weighted by atomic mass is 31.2. The van der Waals surface area contributed by atoms with E-state index in [-0.39, 0.29) is 0 Å². The summed E-state index contributed by atoms with van der Waals surface area (Å²) in [5, 5.41) is 56.7. The number of quaternary nitrogens is 1. The number of rotatable bonds is 16. The van der Waals surface area contributed by atoms with Gasteiger partial charge in [0.2, 0.25) is 0 Å². The Morgan fingerprint density at radius 3 is 2.00 bits per heavy atom. The Morgan fingerprint density at radius 2 is 1.46 bits per heavy atom. The molecule has 0 bridgehead atoms. The summed E-state index contributed by atoms with van der Waals surface area (Å²) in [5.74, 6) is 0. The van der Waals surface area contributed by atoms with Crippen molar-refractivity contribution >= 4 is 7.82 Å². The van der Waals surface area contributed by atoms with Gasteiger partial charge >= 0.3 is 7.82 Å². The minimum atomic E-state index is -4.62. The molecule has 170 valence electrons. The highest BCUT2D eigenvalue weighted by Gasteiger charge is 2.33. The molecule has 6 unspecified atom stereocenters. The van der Waals surface area contributed by atoms with Gasteiger partial charge < -0.3 is 40.0 Å². The predicted octanol–water partition coefficient (Wildman–Crippen LogP) is -1.82. The molecule has 0 aromatic carbocycles. The van der Waals surface area contributed by atoms with Crippen molar-refractivity contribution < 1.29 is 53.6 Å². The summed E-state index contributed by atoms with van der Waals surface area (Å²) in [6, 6.07) is 0. The van der Waals surface area contributed by atoms with E-state index in [4.69, 9.17) is 9.63 Å². The molecule has 0 aliphatic heterocycles. The van der Waals surface area contributed by atoms with Crippen molar-refractivity contribution in [3.63, 3.8) is 0 Å². The molecule has 28 heavy (non-hydrogen) atoms. The Morgan fingerprint density at radius 1 is 0.929 bits per heavy atom. The van der Waals surface area contributed by atoms with Gasteiger partial charge in [-0.05, 0) is 12.8 Å². The highest BCUT2D eigenvalue weighted by Crippen LogP contribution is 2.43. The van der Waals surface area contributed by atoms with E-state index in [1.807, 2.05) is 14.1 Å². The van der Waals surface area contributed by atoms with Crippen LogP contribution in [0, 0.1) is 0 Å². The first kappa shape index (κ1) is 27.8. The van der Waals surface area contributed by atoms with Gasteiger partial charge in [0.15, 0.2) is 0 Å². The van der Waals surface area contributed by atoms with E-state index in [2.05, 4.69) is 11.4 Å². The molecule has 0 amide bonds. The minimum absolute atomic E-state index is 0.302. The van der Waals surface area contributed by atoms with Crippen LogP contribution in [0.15, 0.2) is 0 Å². The van der Waals surface area contributed by atoms with Gasteiger partial charge in [-0.3, -0.25) is 9.05 Å². The maximum atomic E-state index is 11.8. The molecule has 11 nitrogen and oxygen atoms in total. The van der Waals surface area contributed by atoms with Crippen LogP contribution < -0.4 is 0 Å². The summed E-state index contributed by atoms with van der Waals surface area (Å²) in [4.78, 5) is 9.61. The molecule has 0 saturated heterocycles. The van der Waals surface area contributed by atoms with E-state index >= 15 is 0 Å². The fourth-order valence-corrected chi connectivity index (χ4v) is 3.33. The second-order valence-corrected chi connectivity index (χ2v) is 9.01. The van der Waals surface area contributed by atoms with Crippen molar-refractivity contribution in [3.8, 4) is 0 Å². The van der Waals surface area contributed by atoms with Crippen molar-refractivity contribution in [2.45, 2.75) is 56.7 Å². The van der Waals surface area contributed by atoms with Crippen LogP contribution in [0.2, 0.25) is 0 Å². The van der Waals surface area contributed by atoms with Crippen LogP contribution in [-0.4, -0.2) is 118 Å². The second kappa shape index (κ2) is 13.2. The van der Waals surface area contributed by atoms with Crippen molar-refractivity contribution in [3.05, 3.63) is 0 Å². The number of likely N-dealkylation sites (N-methyl/N-ethyl adjacent to an activating group) is 1. The first-order valence-corrected chi connectivity index (χ1v) is 10.8. The molecular weight excluding hydrogens is 397 g/mol. The molecule has 0 aromatic rings. The number of unbranched alkanes of at least 4 members (excludes halogenated alkanes) is 2. The number of nitrogens with zero attached hydrogens (tertiary/aromatic N) is 1. The lowest BCUT2D eigenvalue weighted by Gasteiger charge is -2.32. The molecular formula is C16H37NO10P+. The molecule has 0 fully saturated rings. The van der Waals surface area contributed by atoms with Gasteiger partial charge in [-0.25, -0.2) is 4.57 Å². The van der Waals surface area contributed by atoms with Crippen molar-refractivity contribution in [1.29, 1.82) is 0 Å². The summed E-state index contributed by atoms with van der Waals surface area (Å²) < 4.78 is 21.6. The molecule has 0 saturated carbocycles. The SMILES string of the molecule is CCCCC[N+](C)(C)CC(O)COP(=O)(O)OCC(O)C(O)C(O)C(O)CO. The monoisotopic (exact) mass is 434 g/mol. The zero-order chi connectivity index (χ0) is 22.0. The van der Waals surface area contributed by atoms with Crippen molar-refractivity contribution in [1.82, 2.24) is 0 Å².